The molecule has 2 aromatic carbocycles. The van der Waals surface area contributed by atoms with Crippen molar-refractivity contribution in [2.75, 3.05) is 26.2 Å². The quantitative estimate of drug-likeness (QED) is 0.362. The molecule has 0 bridgehead atoms. The first-order valence-corrected chi connectivity index (χ1v) is 13.3. The molecule has 2 amide bonds. The first-order valence-electron chi connectivity index (χ1n) is 12.5. The Morgan fingerprint density at radius 3 is 2.64 bits per heavy atom. The number of thiophene rings is 1. The highest BCUT2D eigenvalue weighted by Crippen LogP contribution is 2.34. The predicted octanol–water partition coefficient (Wildman–Crippen LogP) is 5.89. The average molecular weight is 509 g/mol. The molecule has 0 fully saturated rings. The van der Waals surface area contributed by atoms with Crippen LogP contribution in [0.1, 0.15) is 52.7 Å². The number of hydrogen-bond acceptors (Lipinski definition) is 4. The van der Waals surface area contributed by atoms with Crippen molar-refractivity contribution in [1.82, 2.24) is 9.80 Å². The molecular formula is C29H33FN2O3S. The molecule has 1 aromatic heterocycles. The average Bonchev–Trinajstić information content (AvgIpc) is 3.36. The van der Waals surface area contributed by atoms with Crippen LogP contribution in [0.3, 0.4) is 0 Å². The summed E-state index contributed by atoms with van der Waals surface area (Å²) in [7, 11) is 0. The van der Waals surface area contributed by atoms with Crippen LogP contribution in [0.25, 0.3) is 0 Å². The zero-order chi connectivity index (χ0) is 25.7. The fourth-order valence-corrected chi connectivity index (χ4v) is 5.40. The predicted molar refractivity (Wildman–Crippen MR) is 141 cm³/mol. The number of hydrogen-bond donors (Lipinski definition) is 0. The normalized spacial score (nSPS) is 15.8. The van der Waals surface area contributed by atoms with E-state index >= 15 is 0 Å². The van der Waals surface area contributed by atoms with Gasteiger partial charge in [-0.15, -0.1) is 11.3 Å². The maximum atomic E-state index is 14.4. The number of carbonyl (C=O) groups is 2. The Labute approximate surface area is 216 Å². The standard InChI is InChI=1S/C29H33FN2O3S/c1-4-20(2)17-31(29(34)23-7-5-6-8-25(23)30)18-28(33)32-15-13-27-24(14-16-36-27)26(32)19-35-22-11-9-21(3)10-12-22/h5-12,14,16,20,26H,4,13,15,17-19H2,1-3H3/t20-,26+/m1/s1. The van der Waals surface area contributed by atoms with Crippen LogP contribution in [0.5, 0.6) is 5.75 Å². The summed E-state index contributed by atoms with van der Waals surface area (Å²) in [4.78, 5) is 31.6. The lowest BCUT2D eigenvalue weighted by Crippen LogP contribution is -2.48. The number of fused-ring (bicyclic) bond motifs is 1. The van der Waals surface area contributed by atoms with Gasteiger partial charge in [0.2, 0.25) is 5.91 Å². The van der Waals surface area contributed by atoms with E-state index in [2.05, 4.69) is 11.4 Å². The Balaban J connectivity index is 1.55. The van der Waals surface area contributed by atoms with E-state index in [4.69, 9.17) is 4.74 Å². The van der Waals surface area contributed by atoms with Gasteiger partial charge in [0.25, 0.3) is 5.91 Å². The second-order valence-corrected chi connectivity index (χ2v) is 10.5. The number of halogens is 1. The minimum Gasteiger partial charge on any atom is -0.491 e. The molecule has 0 N–H and O–H groups in total. The monoisotopic (exact) mass is 508 g/mol. The summed E-state index contributed by atoms with van der Waals surface area (Å²) in [5, 5.41) is 2.05. The zero-order valence-corrected chi connectivity index (χ0v) is 21.9. The number of rotatable bonds is 9. The maximum absolute atomic E-state index is 14.4. The van der Waals surface area contributed by atoms with Crippen molar-refractivity contribution < 1.29 is 18.7 Å². The molecule has 1 aliphatic rings. The third-order valence-corrected chi connectivity index (χ3v) is 7.79. The second kappa shape index (κ2) is 11.7. The Bertz CT molecular complexity index is 1190. The molecule has 0 unspecified atom stereocenters. The maximum Gasteiger partial charge on any atom is 0.257 e. The van der Waals surface area contributed by atoms with E-state index in [-0.39, 0.29) is 30.0 Å². The fourth-order valence-electron chi connectivity index (χ4n) is 4.47. The van der Waals surface area contributed by atoms with E-state index in [0.29, 0.717) is 19.7 Å². The highest BCUT2D eigenvalue weighted by molar-refractivity contribution is 7.10. The lowest BCUT2D eigenvalue weighted by molar-refractivity contribution is -0.135. The Morgan fingerprint density at radius 2 is 1.92 bits per heavy atom. The van der Waals surface area contributed by atoms with Gasteiger partial charge in [-0.05, 0) is 60.5 Å². The van der Waals surface area contributed by atoms with Gasteiger partial charge in [-0.25, -0.2) is 4.39 Å². The van der Waals surface area contributed by atoms with E-state index in [1.54, 1.807) is 23.5 Å². The van der Waals surface area contributed by atoms with Crippen LogP contribution in [0, 0.1) is 18.7 Å². The number of nitrogens with zero attached hydrogens (tertiary/aromatic N) is 2. The molecule has 0 aliphatic carbocycles. The molecule has 36 heavy (non-hydrogen) atoms. The first kappa shape index (κ1) is 25.9. The van der Waals surface area contributed by atoms with Gasteiger partial charge in [-0.1, -0.05) is 50.1 Å². The molecule has 2 heterocycles. The van der Waals surface area contributed by atoms with Crippen LogP contribution < -0.4 is 4.74 Å². The molecule has 2 atom stereocenters. The van der Waals surface area contributed by atoms with Crippen molar-refractivity contribution in [2.45, 2.75) is 39.7 Å². The number of amides is 2. The highest BCUT2D eigenvalue weighted by atomic mass is 32.1. The first-order chi connectivity index (χ1) is 17.4. The Morgan fingerprint density at radius 1 is 1.17 bits per heavy atom. The van der Waals surface area contributed by atoms with Crippen LogP contribution in [0.2, 0.25) is 0 Å². The number of benzene rings is 2. The summed E-state index contributed by atoms with van der Waals surface area (Å²) < 4.78 is 20.5. The van der Waals surface area contributed by atoms with Gasteiger partial charge in [0, 0.05) is 18.0 Å². The number of carbonyl (C=O) groups excluding carboxylic acids is 2. The molecule has 5 nitrogen and oxygen atoms in total. The summed E-state index contributed by atoms with van der Waals surface area (Å²) in [5.74, 6) is -0.253. The zero-order valence-electron chi connectivity index (χ0n) is 21.1. The third kappa shape index (κ3) is 5.95. The van der Waals surface area contributed by atoms with Gasteiger partial charge in [0.1, 0.15) is 24.7 Å². The van der Waals surface area contributed by atoms with E-state index in [1.807, 2.05) is 49.9 Å². The molecule has 1 aliphatic heterocycles. The molecule has 7 heteroatoms. The molecule has 0 radical (unpaired) electrons. The van der Waals surface area contributed by atoms with E-state index in [1.165, 1.54) is 21.9 Å². The SMILES string of the molecule is CC[C@@H](C)CN(CC(=O)N1CCc2sccc2[C@@H]1COc1ccc(C)cc1)C(=O)c1ccccc1F. The Hall–Kier alpha value is -3.19. The number of aryl methyl sites for hydroxylation is 1. The van der Waals surface area contributed by atoms with Crippen LogP contribution in [-0.4, -0.2) is 47.9 Å². The van der Waals surface area contributed by atoms with Gasteiger partial charge in [0.05, 0.1) is 11.6 Å². The minimum absolute atomic E-state index is 0.00776. The van der Waals surface area contributed by atoms with Gasteiger partial charge in [-0.2, -0.15) is 0 Å². The van der Waals surface area contributed by atoms with Crippen molar-refractivity contribution in [3.8, 4) is 5.75 Å². The van der Waals surface area contributed by atoms with Crippen molar-refractivity contribution in [3.63, 3.8) is 0 Å². The summed E-state index contributed by atoms with van der Waals surface area (Å²) in [6, 6.07) is 15.6. The van der Waals surface area contributed by atoms with Gasteiger partial charge in [-0.3, -0.25) is 9.59 Å². The van der Waals surface area contributed by atoms with Crippen LogP contribution in [0.4, 0.5) is 4.39 Å². The number of ether oxygens (including phenoxy) is 1. The smallest absolute Gasteiger partial charge is 0.257 e. The second-order valence-electron chi connectivity index (χ2n) is 9.46. The third-order valence-electron chi connectivity index (χ3n) is 6.79. The van der Waals surface area contributed by atoms with Crippen LogP contribution in [-0.2, 0) is 11.2 Å². The van der Waals surface area contributed by atoms with Crippen LogP contribution >= 0.6 is 11.3 Å². The topological polar surface area (TPSA) is 49.9 Å². The van der Waals surface area contributed by atoms with Crippen molar-refractivity contribution >= 4 is 23.2 Å². The van der Waals surface area contributed by atoms with Gasteiger partial charge < -0.3 is 14.5 Å². The summed E-state index contributed by atoms with van der Waals surface area (Å²) >= 11 is 1.70. The van der Waals surface area contributed by atoms with E-state index < -0.39 is 11.7 Å². The van der Waals surface area contributed by atoms with Crippen molar-refractivity contribution in [1.29, 1.82) is 0 Å². The fraction of sp³-hybridized carbons (Fsp3) is 0.379. The van der Waals surface area contributed by atoms with Gasteiger partial charge in [0.15, 0.2) is 0 Å². The summed E-state index contributed by atoms with van der Waals surface area (Å²) in [5.41, 5.74) is 2.24. The molecule has 4 rings (SSSR count). The summed E-state index contributed by atoms with van der Waals surface area (Å²) in [6.07, 6.45) is 1.62. The molecule has 0 spiro atoms. The molecular weight excluding hydrogens is 475 g/mol. The summed E-state index contributed by atoms with van der Waals surface area (Å²) in [6.45, 7) is 7.26. The molecule has 3 aromatic rings. The minimum atomic E-state index is -0.575. The largest absolute Gasteiger partial charge is 0.491 e. The van der Waals surface area contributed by atoms with Crippen LogP contribution in [0.15, 0.2) is 60.0 Å². The van der Waals surface area contributed by atoms with E-state index in [0.717, 1.165) is 29.7 Å². The lowest BCUT2D eigenvalue weighted by Gasteiger charge is -2.37. The molecule has 190 valence electrons. The lowest BCUT2D eigenvalue weighted by atomic mass is 10.00. The molecule has 0 saturated heterocycles. The van der Waals surface area contributed by atoms with Gasteiger partial charge >= 0.3 is 0 Å². The highest BCUT2D eigenvalue weighted by Gasteiger charge is 2.34. The van der Waals surface area contributed by atoms with Crippen molar-refractivity contribution in [3.05, 3.63) is 87.4 Å². The van der Waals surface area contributed by atoms with Crippen molar-refractivity contribution in [2.24, 2.45) is 5.92 Å². The molecule has 0 saturated carbocycles. The van der Waals surface area contributed by atoms with E-state index in [9.17, 15) is 14.0 Å². The Kier molecular flexibility index (Phi) is 8.41.